The second-order valence-corrected chi connectivity index (χ2v) is 3.39. The van der Waals surface area contributed by atoms with Crippen LogP contribution in [0.4, 0.5) is 0 Å². The Labute approximate surface area is 79.4 Å². The third-order valence-corrected chi connectivity index (χ3v) is 2.20. The third-order valence-electron chi connectivity index (χ3n) is 2.20. The number of carbonyl (C=O) groups excluding carboxylic acids is 1. The van der Waals surface area contributed by atoms with Crippen LogP contribution in [0.5, 0.6) is 0 Å². The first-order valence-electron chi connectivity index (χ1n) is 4.99. The van der Waals surface area contributed by atoms with Gasteiger partial charge in [-0.25, -0.2) is 0 Å². The summed E-state index contributed by atoms with van der Waals surface area (Å²) in [5.74, 6) is 0. The molecule has 2 heteroatoms. The summed E-state index contributed by atoms with van der Waals surface area (Å²) in [5.41, 5.74) is 1.93. The van der Waals surface area contributed by atoms with E-state index in [-0.39, 0.29) is 0 Å². The first-order chi connectivity index (χ1) is 6.36. The number of carbonyl (C=O) groups is 1. The first-order valence-corrected chi connectivity index (χ1v) is 4.99. The zero-order valence-electron chi connectivity index (χ0n) is 8.18. The lowest BCUT2D eigenvalue weighted by Crippen LogP contribution is -1.84. The second-order valence-electron chi connectivity index (χ2n) is 3.39. The van der Waals surface area contributed by atoms with Crippen LogP contribution in [0.2, 0.25) is 0 Å². The Morgan fingerprint density at radius 3 is 2.85 bits per heavy atom. The molecule has 0 aromatic carbocycles. The molecule has 13 heavy (non-hydrogen) atoms. The van der Waals surface area contributed by atoms with E-state index in [0.717, 1.165) is 18.3 Å². The molecule has 1 heterocycles. The van der Waals surface area contributed by atoms with Gasteiger partial charge in [-0.15, -0.1) is 0 Å². The van der Waals surface area contributed by atoms with Gasteiger partial charge in [0.05, 0.1) is 0 Å². The average Bonchev–Trinajstić information content (AvgIpc) is 2.60. The van der Waals surface area contributed by atoms with E-state index in [9.17, 15) is 4.79 Å². The van der Waals surface area contributed by atoms with Crippen LogP contribution in [0.3, 0.4) is 0 Å². The van der Waals surface area contributed by atoms with Crippen molar-refractivity contribution in [1.29, 1.82) is 0 Å². The van der Waals surface area contributed by atoms with Gasteiger partial charge in [0.2, 0.25) is 0 Å². The predicted octanol–water partition coefficient (Wildman–Crippen LogP) is 2.95. The number of hydrogen-bond donors (Lipinski definition) is 1. The number of nitrogens with one attached hydrogen (secondary N) is 1. The topological polar surface area (TPSA) is 32.9 Å². The first kappa shape index (κ1) is 10.0. The smallest absolute Gasteiger partial charge is 0.151 e. The molecule has 0 unspecified atom stereocenters. The van der Waals surface area contributed by atoms with Crippen molar-refractivity contribution in [2.75, 3.05) is 0 Å². The molecular weight excluding hydrogens is 162 g/mol. The summed E-state index contributed by atoms with van der Waals surface area (Å²) in [6, 6.07) is 1.93. The molecule has 72 valence electrons. The fourth-order valence-corrected chi connectivity index (χ4v) is 1.42. The number of rotatable bonds is 6. The highest BCUT2D eigenvalue weighted by molar-refractivity contribution is 5.74. The molecule has 0 atom stereocenters. The van der Waals surface area contributed by atoms with Crippen molar-refractivity contribution in [3.05, 3.63) is 23.5 Å². The Bertz CT molecular complexity index is 252. The summed E-state index contributed by atoms with van der Waals surface area (Å²) in [6.07, 6.45) is 8.78. The molecule has 0 aliphatic heterocycles. The van der Waals surface area contributed by atoms with Crippen molar-refractivity contribution in [2.24, 2.45) is 0 Å². The second kappa shape index (κ2) is 5.57. The lowest BCUT2D eigenvalue weighted by Gasteiger charge is -1.96. The van der Waals surface area contributed by atoms with Crippen molar-refractivity contribution in [1.82, 2.24) is 4.98 Å². The lowest BCUT2D eigenvalue weighted by molar-refractivity contribution is 0.112. The van der Waals surface area contributed by atoms with Crippen molar-refractivity contribution in [3.63, 3.8) is 0 Å². The van der Waals surface area contributed by atoms with Gasteiger partial charge in [0.1, 0.15) is 0 Å². The number of hydrogen-bond acceptors (Lipinski definition) is 1. The van der Waals surface area contributed by atoms with E-state index >= 15 is 0 Å². The molecule has 2 nitrogen and oxygen atoms in total. The fraction of sp³-hybridized carbons (Fsp3) is 0.545. The number of aromatic nitrogens is 1. The Morgan fingerprint density at radius 1 is 1.38 bits per heavy atom. The van der Waals surface area contributed by atoms with E-state index in [0.29, 0.717) is 0 Å². The molecule has 0 aliphatic rings. The predicted molar refractivity (Wildman–Crippen MR) is 54.0 cm³/mol. The summed E-state index contributed by atoms with van der Waals surface area (Å²) in [4.78, 5) is 13.5. The Balaban J connectivity index is 2.24. The number of unbranched alkanes of at least 4 members (excludes halogenated alkanes) is 3. The lowest BCUT2D eigenvalue weighted by atomic mass is 10.1. The molecular formula is C11H17NO. The van der Waals surface area contributed by atoms with Gasteiger partial charge in [0, 0.05) is 17.5 Å². The van der Waals surface area contributed by atoms with Crippen molar-refractivity contribution >= 4 is 6.29 Å². The van der Waals surface area contributed by atoms with Crippen LogP contribution < -0.4 is 0 Å². The molecule has 1 rings (SSSR count). The van der Waals surface area contributed by atoms with Crippen LogP contribution in [0.1, 0.15) is 48.7 Å². The van der Waals surface area contributed by atoms with Gasteiger partial charge in [0.25, 0.3) is 0 Å². The quantitative estimate of drug-likeness (QED) is 0.528. The largest absolute Gasteiger partial charge is 0.364 e. The Hall–Kier alpha value is -1.05. The maximum Gasteiger partial charge on any atom is 0.151 e. The maximum absolute atomic E-state index is 10.4. The summed E-state index contributed by atoms with van der Waals surface area (Å²) in [6.45, 7) is 2.21. The summed E-state index contributed by atoms with van der Waals surface area (Å²) >= 11 is 0. The van der Waals surface area contributed by atoms with E-state index < -0.39 is 0 Å². The van der Waals surface area contributed by atoms with E-state index in [2.05, 4.69) is 11.9 Å². The highest BCUT2D eigenvalue weighted by Crippen LogP contribution is 2.07. The van der Waals surface area contributed by atoms with E-state index in [1.54, 1.807) is 6.20 Å². The van der Waals surface area contributed by atoms with Gasteiger partial charge in [-0.1, -0.05) is 26.2 Å². The Morgan fingerprint density at radius 2 is 2.23 bits per heavy atom. The minimum Gasteiger partial charge on any atom is -0.364 e. The van der Waals surface area contributed by atoms with Crippen LogP contribution in [0.25, 0.3) is 0 Å². The molecule has 0 aliphatic carbocycles. The van der Waals surface area contributed by atoms with Gasteiger partial charge >= 0.3 is 0 Å². The summed E-state index contributed by atoms with van der Waals surface area (Å²) in [7, 11) is 0. The molecule has 0 radical (unpaired) electrons. The van der Waals surface area contributed by atoms with E-state index in [1.165, 1.54) is 31.4 Å². The molecule has 0 bridgehead atoms. The average molecular weight is 179 g/mol. The zero-order chi connectivity index (χ0) is 9.52. The molecule has 0 fully saturated rings. The number of aldehydes is 1. The molecule has 0 spiro atoms. The van der Waals surface area contributed by atoms with Crippen LogP contribution in [0, 0.1) is 0 Å². The minimum atomic E-state index is 0.755. The molecule has 1 aromatic heterocycles. The standard InChI is InChI=1S/C11H17NO/c1-2-3-4-5-6-11-7-10(9-13)8-12-11/h7-9,12H,2-6H2,1H3. The Kier molecular flexibility index (Phi) is 4.30. The maximum atomic E-state index is 10.4. The highest BCUT2D eigenvalue weighted by Gasteiger charge is 1.97. The zero-order valence-corrected chi connectivity index (χ0v) is 8.18. The third kappa shape index (κ3) is 3.45. The summed E-state index contributed by atoms with van der Waals surface area (Å²) in [5, 5.41) is 0. The van der Waals surface area contributed by atoms with Crippen molar-refractivity contribution in [3.8, 4) is 0 Å². The highest BCUT2D eigenvalue weighted by atomic mass is 16.1. The molecule has 1 N–H and O–H groups in total. The van der Waals surface area contributed by atoms with Crippen LogP contribution in [0.15, 0.2) is 12.3 Å². The SMILES string of the molecule is CCCCCCc1cc(C=O)c[nH]1. The molecule has 1 aromatic rings. The fourth-order valence-electron chi connectivity index (χ4n) is 1.42. The van der Waals surface area contributed by atoms with Gasteiger partial charge in [-0.05, 0) is 18.9 Å². The van der Waals surface area contributed by atoms with Crippen molar-refractivity contribution in [2.45, 2.75) is 39.0 Å². The summed E-state index contributed by atoms with van der Waals surface area (Å²) < 4.78 is 0. The van der Waals surface area contributed by atoms with Gasteiger partial charge in [-0.2, -0.15) is 0 Å². The monoisotopic (exact) mass is 179 g/mol. The van der Waals surface area contributed by atoms with E-state index in [4.69, 9.17) is 0 Å². The van der Waals surface area contributed by atoms with E-state index in [1.807, 2.05) is 6.07 Å². The normalized spacial score (nSPS) is 10.2. The minimum absolute atomic E-state index is 0.755. The molecule has 0 amide bonds. The molecule has 0 saturated carbocycles. The number of aromatic amines is 1. The van der Waals surface area contributed by atoms with Gasteiger partial charge < -0.3 is 4.98 Å². The molecule has 0 saturated heterocycles. The van der Waals surface area contributed by atoms with Gasteiger partial charge in [0.15, 0.2) is 6.29 Å². The van der Waals surface area contributed by atoms with Crippen molar-refractivity contribution < 1.29 is 4.79 Å². The van der Waals surface area contributed by atoms with Crippen LogP contribution in [-0.2, 0) is 6.42 Å². The van der Waals surface area contributed by atoms with Gasteiger partial charge in [-0.3, -0.25) is 4.79 Å². The van der Waals surface area contributed by atoms with Crippen LogP contribution >= 0.6 is 0 Å². The number of aryl methyl sites for hydroxylation is 1. The number of H-pyrrole nitrogens is 1. The van der Waals surface area contributed by atoms with Crippen LogP contribution in [-0.4, -0.2) is 11.3 Å².